The second-order valence-corrected chi connectivity index (χ2v) is 3.23. The van der Waals surface area contributed by atoms with Gasteiger partial charge in [-0.3, -0.25) is 0 Å². The van der Waals surface area contributed by atoms with E-state index >= 15 is 0 Å². The monoisotopic (exact) mass is 241 g/mol. The fourth-order valence-corrected chi connectivity index (χ4v) is 2.02. The summed E-state index contributed by atoms with van der Waals surface area (Å²) in [7, 11) is 1.79. The van der Waals surface area contributed by atoms with Crippen LogP contribution in [0.4, 0.5) is 0 Å². The Balaban J connectivity index is 2.32. The molecule has 0 aromatic rings. The van der Waals surface area contributed by atoms with Crippen LogP contribution in [0.5, 0.6) is 0 Å². The van der Waals surface area contributed by atoms with Crippen molar-refractivity contribution >= 4 is 22.6 Å². The first kappa shape index (κ1) is 7.75. The van der Waals surface area contributed by atoms with Crippen LogP contribution in [0.15, 0.2) is 0 Å². The van der Waals surface area contributed by atoms with E-state index in [9.17, 15) is 0 Å². The largest absolute Gasteiger partial charge is 0.380 e. The molecule has 3 heteroatoms. The molecule has 1 rings (SSSR count). The van der Waals surface area contributed by atoms with Gasteiger partial charge in [0.15, 0.2) is 0 Å². The highest BCUT2D eigenvalue weighted by molar-refractivity contribution is 14.1. The molecule has 54 valence electrons. The summed E-state index contributed by atoms with van der Waals surface area (Å²) in [4.78, 5) is 0. The molecule has 0 saturated carbocycles. The Hall–Kier alpha value is 0.650. The van der Waals surface area contributed by atoms with Crippen LogP contribution in [0.1, 0.15) is 0 Å². The van der Waals surface area contributed by atoms with E-state index in [-0.39, 0.29) is 0 Å². The summed E-state index contributed by atoms with van der Waals surface area (Å²) >= 11 is 2.41. The number of rotatable bonds is 2. The van der Waals surface area contributed by atoms with Gasteiger partial charge in [-0.05, 0) is 0 Å². The van der Waals surface area contributed by atoms with Crippen LogP contribution in [0, 0.1) is 5.92 Å². The summed E-state index contributed by atoms with van der Waals surface area (Å²) in [5, 5.41) is 3.29. The van der Waals surface area contributed by atoms with E-state index in [1.165, 1.54) is 4.43 Å². The van der Waals surface area contributed by atoms with Crippen LogP contribution in [0.25, 0.3) is 0 Å². The molecule has 0 aromatic carbocycles. The Labute approximate surface area is 69.5 Å². The normalized spacial score (nSPS) is 35.3. The number of halogens is 1. The van der Waals surface area contributed by atoms with E-state index in [0.717, 1.165) is 19.0 Å². The van der Waals surface area contributed by atoms with Gasteiger partial charge in [0, 0.05) is 30.5 Å². The van der Waals surface area contributed by atoms with Gasteiger partial charge in [-0.25, -0.2) is 0 Å². The fourth-order valence-electron chi connectivity index (χ4n) is 1.14. The lowest BCUT2D eigenvalue weighted by Gasteiger charge is -2.12. The fraction of sp³-hybridized carbons (Fsp3) is 1.00. The lowest BCUT2D eigenvalue weighted by atomic mass is 10.1. The Morgan fingerprint density at radius 3 is 2.89 bits per heavy atom. The van der Waals surface area contributed by atoms with E-state index in [4.69, 9.17) is 4.74 Å². The number of alkyl halides is 1. The molecule has 1 heterocycles. The SMILES string of the molecule is COC1CNCC1CI. The van der Waals surface area contributed by atoms with Crippen molar-refractivity contribution in [2.45, 2.75) is 6.10 Å². The summed E-state index contributed by atoms with van der Waals surface area (Å²) in [6.07, 6.45) is 0.460. The van der Waals surface area contributed by atoms with Gasteiger partial charge in [0.1, 0.15) is 0 Å². The summed E-state index contributed by atoms with van der Waals surface area (Å²) in [5.41, 5.74) is 0. The minimum absolute atomic E-state index is 0.460. The molecular formula is C6H12INO. The third-order valence-electron chi connectivity index (χ3n) is 1.78. The summed E-state index contributed by atoms with van der Waals surface area (Å²) in [6, 6.07) is 0. The van der Waals surface area contributed by atoms with E-state index in [0.29, 0.717) is 6.10 Å². The molecule has 0 aromatic heterocycles. The Kier molecular flexibility index (Phi) is 3.21. The average Bonchev–Trinajstić information content (AvgIpc) is 2.33. The number of nitrogens with one attached hydrogen (secondary N) is 1. The molecule has 2 nitrogen and oxygen atoms in total. The second kappa shape index (κ2) is 3.73. The van der Waals surface area contributed by atoms with Crippen LogP contribution in [0.3, 0.4) is 0 Å². The standard InChI is InChI=1S/C6H12INO/c1-9-6-4-8-3-5(6)2-7/h5-6,8H,2-4H2,1H3. The Morgan fingerprint density at radius 2 is 2.44 bits per heavy atom. The van der Waals surface area contributed by atoms with Crippen LogP contribution in [-0.2, 0) is 4.74 Å². The van der Waals surface area contributed by atoms with Crippen molar-refractivity contribution in [2.24, 2.45) is 5.92 Å². The highest BCUT2D eigenvalue weighted by Gasteiger charge is 2.24. The van der Waals surface area contributed by atoms with Crippen molar-refractivity contribution < 1.29 is 4.74 Å². The van der Waals surface area contributed by atoms with Gasteiger partial charge in [-0.2, -0.15) is 0 Å². The first-order chi connectivity index (χ1) is 4.38. The van der Waals surface area contributed by atoms with Crippen molar-refractivity contribution in [3.8, 4) is 0 Å². The maximum Gasteiger partial charge on any atom is 0.0743 e. The van der Waals surface area contributed by atoms with Crippen molar-refractivity contribution in [1.82, 2.24) is 5.32 Å². The van der Waals surface area contributed by atoms with E-state index < -0.39 is 0 Å². The molecule has 0 bridgehead atoms. The van der Waals surface area contributed by atoms with Gasteiger partial charge in [0.2, 0.25) is 0 Å². The van der Waals surface area contributed by atoms with Gasteiger partial charge in [0.05, 0.1) is 6.10 Å². The van der Waals surface area contributed by atoms with Crippen LogP contribution >= 0.6 is 22.6 Å². The highest BCUT2D eigenvalue weighted by Crippen LogP contribution is 2.13. The summed E-state index contributed by atoms with van der Waals surface area (Å²) in [6.45, 7) is 2.16. The zero-order chi connectivity index (χ0) is 6.69. The average molecular weight is 241 g/mol. The van der Waals surface area contributed by atoms with Gasteiger partial charge in [-0.1, -0.05) is 22.6 Å². The van der Waals surface area contributed by atoms with Crippen molar-refractivity contribution in [3.05, 3.63) is 0 Å². The highest BCUT2D eigenvalue weighted by atomic mass is 127. The second-order valence-electron chi connectivity index (χ2n) is 2.35. The zero-order valence-corrected chi connectivity index (χ0v) is 7.72. The van der Waals surface area contributed by atoms with E-state index in [2.05, 4.69) is 27.9 Å². The molecule has 0 radical (unpaired) electrons. The Morgan fingerprint density at radius 1 is 1.67 bits per heavy atom. The molecule has 1 saturated heterocycles. The first-order valence-corrected chi connectivity index (χ1v) is 4.70. The van der Waals surface area contributed by atoms with Crippen molar-refractivity contribution in [1.29, 1.82) is 0 Å². The van der Waals surface area contributed by atoms with Crippen molar-refractivity contribution in [3.63, 3.8) is 0 Å². The molecule has 0 amide bonds. The predicted octanol–water partition coefficient (Wildman–Crippen LogP) is 0.656. The molecule has 2 unspecified atom stereocenters. The van der Waals surface area contributed by atoms with E-state index in [1.807, 2.05) is 0 Å². The van der Waals surface area contributed by atoms with Crippen LogP contribution in [-0.4, -0.2) is 30.7 Å². The van der Waals surface area contributed by atoms with Gasteiger partial charge < -0.3 is 10.1 Å². The number of methoxy groups -OCH3 is 1. The van der Waals surface area contributed by atoms with Gasteiger partial charge in [-0.15, -0.1) is 0 Å². The lowest BCUT2D eigenvalue weighted by Crippen LogP contribution is -2.21. The third kappa shape index (κ3) is 1.78. The van der Waals surface area contributed by atoms with Crippen LogP contribution in [0.2, 0.25) is 0 Å². The maximum atomic E-state index is 5.25. The van der Waals surface area contributed by atoms with E-state index in [1.54, 1.807) is 7.11 Å². The molecule has 0 aliphatic carbocycles. The zero-order valence-electron chi connectivity index (χ0n) is 5.56. The summed E-state index contributed by atoms with van der Waals surface area (Å²) in [5.74, 6) is 0.732. The lowest BCUT2D eigenvalue weighted by molar-refractivity contribution is 0.0915. The summed E-state index contributed by atoms with van der Waals surface area (Å²) < 4.78 is 6.45. The van der Waals surface area contributed by atoms with Crippen LogP contribution < -0.4 is 5.32 Å². The Bertz CT molecular complexity index is 79.1. The molecular weight excluding hydrogens is 229 g/mol. The first-order valence-electron chi connectivity index (χ1n) is 3.18. The number of hydrogen-bond acceptors (Lipinski definition) is 2. The van der Waals surface area contributed by atoms with Gasteiger partial charge >= 0.3 is 0 Å². The molecule has 1 aliphatic heterocycles. The quantitative estimate of drug-likeness (QED) is 0.566. The molecule has 1 N–H and O–H groups in total. The number of ether oxygens (including phenoxy) is 1. The predicted molar refractivity (Wildman–Crippen MR) is 46.0 cm³/mol. The van der Waals surface area contributed by atoms with Crippen molar-refractivity contribution in [2.75, 3.05) is 24.6 Å². The topological polar surface area (TPSA) is 21.3 Å². The molecule has 0 spiro atoms. The third-order valence-corrected chi connectivity index (χ3v) is 2.91. The smallest absolute Gasteiger partial charge is 0.0743 e. The maximum absolute atomic E-state index is 5.25. The molecule has 9 heavy (non-hydrogen) atoms. The molecule has 2 atom stereocenters. The molecule has 1 aliphatic rings. The number of hydrogen-bond donors (Lipinski definition) is 1. The molecule has 1 fully saturated rings. The van der Waals surface area contributed by atoms with Gasteiger partial charge in [0.25, 0.3) is 0 Å². The minimum atomic E-state index is 0.460. The minimum Gasteiger partial charge on any atom is -0.380 e.